The van der Waals surface area contributed by atoms with Crippen molar-refractivity contribution in [1.82, 2.24) is 14.8 Å². The molecule has 0 bridgehead atoms. The maximum atomic E-state index is 12.9. The lowest BCUT2D eigenvalue weighted by molar-refractivity contribution is -0.192. The number of carbonyl (C=O) groups is 4. The van der Waals surface area contributed by atoms with Crippen molar-refractivity contribution < 1.29 is 37.5 Å². The first-order chi connectivity index (χ1) is 16.4. The molecule has 2 aliphatic rings. The highest BCUT2D eigenvalue weighted by Gasteiger charge is 2.51. The number of likely N-dealkylation sites (tertiary alicyclic amines) is 1. The largest absolute Gasteiger partial charge is 0.490 e. The molecule has 9 nitrogen and oxygen atoms in total. The number of hydrogen-bond acceptors (Lipinski definition) is 5. The first-order valence-electron chi connectivity index (χ1n) is 10.6. The maximum absolute atomic E-state index is 12.9. The molecule has 35 heavy (non-hydrogen) atoms. The van der Waals surface area contributed by atoms with E-state index in [9.17, 15) is 27.6 Å². The van der Waals surface area contributed by atoms with Crippen LogP contribution in [0, 0.1) is 0 Å². The van der Waals surface area contributed by atoms with E-state index in [0.29, 0.717) is 31.6 Å². The number of rotatable bonds is 2. The summed E-state index contributed by atoms with van der Waals surface area (Å²) in [6.07, 6.45) is -1.26. The van der Waals surface area contributed by atoms with E-state index in [4.69, 9.17) is 9.90 Å². The zero-order chi connectivity index (χ0) is 25.8. The lowest BCUT2D eigenvalue weighted by Crippen LogP contribution is -2.67. The van der Waals surface area contributed by atoms with Crippen LogP contribution in [0.25, 0.3) is 0 Å². The fourth-order valence-electron chi connectivity index (χ4n) is 4.20. The Balaban J connectivity index is 0.000000429. The van der Waals surface area contributed by atoms with Crippen LogP contribution in [-0.4, -0.2) is 81.5 Å². The second-order valence-corrected chi connectivity index (χ2v) is 8.16. The van der Waals surface area contributed by atoms with Crippen LogP contribution in [0.3, 0.4) is 0 Å². The highest BCUT2D eigenvalue weighted by Crippen LogP contribution is 2.35. The van der Waals surface area contributed by atoms with E-state index in [1.54, 1.807) is 39.2 Å². The van der Waals surface area contributed by atoms with Gasteiger partial charge in [0.25, 0.3) is 5.91 Å². The Hall–Kier alpha value is -3.96. The van der Waals surface area contributed by atoms with Crippen LogP contribution in [0.5, 0.6) is 0 Å². The fourth-order valence-corrected chi connectivity index (χ4v) is 4.20. The predicted octanol–water partition coefficient (Wildman–Crippen LogP) is 2.19. The SMILES string of the molecule is CC(=O)N1CC(=O)N(c2ccccc2)CC12CCN(C(=O)c1ccncc1)C2.O=C(O)C(F)(F)F. The molecule has 2 saturated heterocycles. The standard InChI is InChI=1S/C21H22N4O3.C2HF3O2/c1-16(26)25-13-19(27)24(18-5-3-2-4-6-18)15-21(25)9-12-23(14-21)20(28)17-7-10-22-11-8-17;3-2(4,5)1(6)7/h2-8,10-11H,9,12-15H2,1H3;(H,6,7). The Morgan fingerprint density at radius 1 is 1.03 bits per heavy atom. The minimum Gasteiger partial charge on any atom is -0.475 e. The third-order valence-corrected chi connectivity index (χ3v) is 5.86. The molecule has 0 radical (unpaired) electrons. The van der Waals surface area contributed by atoms with Gasteiger partial charge in [-0.15, -0.1) is 0 Å². The van der Waals surface area contributed by atoms with E-state index >= 15 is 0 Å². The lowest BCUT2D eigenvalue weighted by Gasteiger charge is -2.48. The minimum absolute atomic E-state index is 0.0293. The summed E-state index contributed by atoms with van der Waals surface area (Å²) in [7, 11) is 0. The number of piperazine rings is 1. The van der Waals surface area contributed by atoms with Crippen LogP contribution in [-0.2, 0) is 14.4 Å². The molecule has 0 saturated carbocycles. The van der Waals surface area contributed by atoms with Gasteiger partial charge in [0.05, 0.1) is 12.1 Å². The summed E-state index contributed by atoms with van der Waals surface area (Å²) in [4.78, 5) is 56.0. The van der Waals surface area contributed by atoms with Crippen LogP contribution in [0.1, 0.15) is 23.7 Å². The number of anilines is 1. The van der Waals surface area contributed by atoms with E-state index in [1.165, 1.54) is 6.92 Å². The summed E-state index contributed by atoms with van der Waals surface area (Å²) in [6, 6.07) is 12.8. The third-order valence-electron chi connectivity index (χ3n) is 5.86. The van der Waals surface area contributed by atoms with Crippen LogP contribution in [0.4, 0.5) is 18.9 Å². The van der Waals surface area contributed by atoms with Crippen molar-refractivity contribution in [2.45, 2.75) is 25.1 Å². The Morgan fingerprint density at radius 3 is 2.17 bits per heavy atom. The number of pyridine rings is 1. The normalized spacial score (nSPS) is 19.9. The number of carboxylic acid groups (broad SMARTS) is 1. The predicted molar refractivity (Wildman–Crippen MR) is 117 cm³/mol. The number of halogens is 3. The molecule has 2 aromatic rings. The summed E-state index contributed by atoms with van der Waals surface area (Å²) < 4.78 is 31.7. The van der Waals surface area contributed by atoms with Gasteiger partial charge >= 0.3 is 12.1 Å². The van der Waals surface area contributed by atoms with Gasteiger partial charge in [-0.1, -0.05) is 18.2 Å². The second kappa shape index (κ2) is 10.1. The number of amides is 3. The fraction of sp³-hybridized carbons (Fsp3) is 0.348. The highest BCUT2D eigenvalue weighted by atomic mass is 19.4. The summed E-state index contributed by atoms with van der Waals surface area (Å²) in [5.74, 6) is -3.08. The van der Waals surface area contributed by atoms with Crippen LogP contribution in [0.2, 0.25) is 0 Å². The van der Waals surface area contributed by atoms with Gasteiger partial charge in [0.1, 0.15) is 6.54 Å². The molecule has 2 aliphatic heterocycles. The average Bonchev–Trinajstić information content (AvgIpc) is 3.25. The summed E-state index contributed by atoms with van der Waals surface area (Å²) >= 11 is 0. The summed E-state index contributed by atoms with van der Waals surface area (Å²) in [6.45, 7) is 2.85. The number of benzene rings is 1. The molecule has 3 amide bonds. The van der Waals surface area contributed by atoms with Gasteiger partial charge < -0.3 is 19.8 Å². The first kappa shape index (κ1) is 25.7. The first-order valence-corrected chi connectivity index (χ1v) is 10.6. The van der Waals surface area contributed by atoms with Crippen LogP contribution in [0.15, 0.2) is 54.9 Å². The molecular formula is C23H23F3N4O5. The van der Waals surface area contributed by atoms with E-state index in [0.717, 1.165) is 5.69 Å². The van der Waals surface area contributed by atoms with E-state index in [-0.39, 0.29) is 24.3 Å². The van der Waals surface area contributed by atoms with Crippen molar-refractivity contribution in [2.24, 2.45) is 0 Å². The molecule has 1 unspecified atom stereocenters. The molecular weight excluding hydrogens is 469 g/mol. The van der Waals surface area contributed by atoms with E-state index in [2.05, 4.69) is 4.98 Å². The quantitative estimate of drug-likeness (QED) is 0.688. The second-order valence-electron chi connectivity index (χ2n) is 8.16. The molecule has 2 fully saturated rings. The van der Waals surface area contributed by atoms with Crippen molar-refractivity contribution in [3.05, 3.63) is 60.4 Å². The van der Waals surface area contributed by atoms with Crippen molar-refractivity contribution >= 4 is 29.4 Å². The molecule has 0 aliphatic carbocycles. The number of nitrogens with zero attached hydrogens (tertiary/aromatic N) is 4. The van der Waals surface area contributed by atoms with Gasteiger partial charge in [-0.2, -0.15) is 13.2 Å². The maximum Gasteiger partial charge on any atom is 0.490 e. The lowest BCUT2D eigenvalue weighted by atomic mass is 9.91. The number of carboxylic acids is 1. The minimum atomic E-state index is -5.08. The summed E-state index contributed by atoms with van der Waals surface area (Å²) in [5.41, 5.74) is 0.820. The number of para-hydroxylation sites is 1. The van der Waals surface area contributed by atoms with Gasteiger partial charge in [-0.25, -0.2) is 4.79 Å². The topological polar surface area (TPSA) is 111 Å². The molecule has 1 atom stereocenters. The zero-order valence-electron chi connectivity index (χ0n) is 18.7. The van der Waals surface area contributed by atoms with Gasteiger partial charge in [0.15, 0.2) is 0 Å². The van der Waals surface area contributed by atoms with E-state index < -0.39 is 17.7 Å². The highest BCUT2D eigenvalue weighted by molar-refractivity contribution is 5.99. The van der Waals surface area contributed by atoms with Crippen LogP contribution < -0.4 is 4.90 Å². The molecule has 3 heterocycles. The monoisotopic (exact) mass is 492 g/mol. The van der Waals surface area contributed by atoms with Gasteiger partial charge in [0.2, 0.25) is 11.8 Å². The molecule has 186 valence electrons. The third kappa shape index (κ3) is 5.76. The van der Waals surface area contributed by atoms with Crippen molar-refractivity contribution in [1.29, 1.82) is 0 Å². The Bertz CT molecular complexity index is 1100. The van der Waals surface area contributed by atoms with Gasteiger partial charge in [-0.3, -0.25) is 19.4 Å². The van der Waals surface area contributed by atoms with Crippen molar-refractivity contribution in [2.75, 3.05) is 31.1 Å². The molecule has 4 rings (SSSR count). The van der Waals surface area contributed by atoms with E-state index in [1.807, 2.05) is 30.3 Å². The number of carbonyl (C=O) groups excluding carboxylic acids is 3. The van der Waals surface area contributed by atoms with Crippen molar-refractivity contribution in [3.63, 3.8) is 0 Å². The Morgan fingerprint density at radius 2 is 1.63 bits per heavy atom. The average molecular weight is 492 g/mol. The molecule has 1 N–H and O–H groups in total. The van der Waals surface area contributed by atoms with Gasteiger partial charge in [-0.05, 0) is 30.7 Å². The Kier molecular flexibility index (Phi) is 7.42. The number of hydrogen-bond donors (Lipinski definition) is 1. The summed E-state index contributed by atoms with van der Waals surface area (Å²) in [5, 5.41) is 7.12. The molecule has 1 aromatic heterocycles. The molecule has 1 aromatic carbocycles. The van der Waals surface area contributed by atoms with Gasteiger partial charge in [0, 0.05) is 43.7 Å². The Labute approximate surface area is 198 Å². The number of aromatic nitrogens is 1. The number of alkyl halides is 3. The van der Waals surface area contributed by atoms with Crippen molar-refractivity contribution in [3.8, 4) is 0 Å². The smallest absolute Gasteiger partial charge is 0.475 e. The molecule has 12 heteroatoms. The van der Waals surface area contributed by atoms with Crippen LogP contribution >= 0.6 is 0 Å². The zero-order valence-corrected chi connectivity index (χ0v) is 18.7. The molecule has 1 spiro atoms. The number of aliphatic carboxylic acids is 1.